The van der Waals surface area contributed by atoms with E-state index in [1.165, 1.54) is 25.9 Å². The Labute approximate surface area is 174 Å². The molecular formula is C20H40N4O5. The molecule has 1 rings (SSSR count). The van der Waals surface area contributed by atoms with Gasteiger partial charge in [0, 0.05) is 6.42 Å². The third-order valence-electron chi connectivity index (χ3n) is 3.88. The first kappa shape index (κ1) is 29.0. The third kappa shape index (κ3) is 23.8. The van der Waals surface area contributed by atoms with Crippen LogP contribution in [0.4, 0.5) is 0 Å². The molecule has 1 fully saturated rings. The topological polar surface area (TPSA) is 151 Å². The SMILES string of the molecule is C1CCNC1.CC(C)(C)CCCC(=O)O.CCCC(NC(=O)CNC=O)C(N)=O. The number of aliphatic carboxylic acids is 1. The van der Waals surface area contributed by atoms with Crippen molar-refractivity contribution in [2.75, 3.05) is 19.6 Å². The van der Waals surface area contributed by atoms with Crippen molar-refractivity contribution in [3.05, 3.63) is 0 Å². The molecule has 3 amide bonds. The molecule has 1 heterocycles. The molecule has 0 bridgehead atoms. The number of carbonyl (C=O) groups excluding carboxylic acids is 3. The normalized spacial score (nSPS) is 13.7. The lowest BCUT2D eigenvalue weighted by molar-refractivity contribution is -0.137. The largest absolute Gasteiger partial charge is 0.481 e. The summed E-state index contributed by atoms with van der Waals surface area (Å²) in [5.74, 6) is -1.68. The Bertz CT molecular complexity index is 466. The highest BCUT2D eigenvalue weighted by atomic mass is 16.4. The van der Waals surface area contributed by atoms with E-state index in [9.17, 15) is 19.2 Å². The van der Waals surface area contributed by atoms with E-state index in [-0.39, 0.29) is 12.0 Å². The van der Waals surface area contributed by atoms with E-state index >= 15 is 0 Å². The van der Waals surface area contributed by atoms with E-state index in [1.54, 1.807) is 0 Å². The fourth-order valence-electron chi connectivity index (χ4n) is 2.35. The second-order valence-corrected chi connectivity index (χ2v) is 8.07. The molecule has 0 spiro atoms. The summed E-state index contributed by atoms with van der Waals surface area (Å²) >= 11 is 0. The molecule has 0 aromatic rings. The Balaban J connectivity index is 0. The average Bonchev–Trinajstić information content (AvgIpc) is 3.18. The first-order valence-corrected chi connectivity index (χ1v) is 10.2. The van der Waals surface area contributed by atoms with Crippen molar-refractivity contribution in [2.24, 2.45) is 11.1 Å². The molecule has 170 valence electrons. The zero-order valence-electron chi connectivity index (χ0n) is 18.4. The van der Waals surface area contributed by atoms with Gasteiger partial charge in [0.2, 0.25) is 18.2 Å². The summed E-state index contributed by atoms with van der Waals surface area (Å²) in [4.78, 5) is 41.8. The van der Waals surface area contributed by atoms with Gasteiger partial charge in [0.25, 0.3) is 0 Å². The van der Waals surface area contributed by atoms with E-state index in [2.05, 4.69) is 36.7 Å². The summed E-state index contributed by atoms with van der Waals surface area (Å²) in [6, 6.07) is -0.652. The monoisotopic (exact) mass is 416 g/mol. The van der Waals surface area contributed by atoms with E-state index in [0.717, 1.165) is 19.3 Å². The first-order valence-electron chi connectivity index (χ1n) is 10.2. The molecule has 1 aliphatic heterocycles. The van der Waals surface area contributed by atoms with Gasteiger partial charge >= 0.3 is 5.97 Å². The number of carboxylic acid groups (broad SMARTS) is 1. The van der Waals surface area contributed by atoms with Crippen LogP contribution >= 0.6 is 0 Å². The number of hydrogen-bond acceptors (Lipinski definition) is 5. The molecule has 0 aliphatic carbocycles. The maximum atomic E-state index is 11.1. The maximum Gasteiger partial charge on any atom is 0.303 e. The van der Waals surface area contributed by atoms with Gasteiger partial charge in [-0.3, -0.25) is 19.2 Å². The van der Waals surface area contributed by atoms with Gasteiger partial charge in [0.15, 0.2) is 0 Å². The van der Waals surface area contributed by atoms with Crippen LogP contribution in [0.25, 0.3) is 0 Å². The highest BCUT2D eigenvalue weighted by molar-refractivity contribution is 5.87. The van der Waals surface area contributed by atoms with Crippen molar-refractivity contribution in [2.45, 2.75) is 78.7 Å². The van der Waals surface area contributed by atoms with Crippen molar-refractivity contribution in [1.82, 2.24) is 16.0 Å². The van der Waals surface area contributed by atoms with E-state index in [0.29, 0.717) is 19.3 Å². The molecule has 0 saturated carbocycles. The summed E-state index contributed by atoms with van der Waals surface area (Å²) in [7, 11) is 0. The molecule has 9 nitrogen and oxygen atoms in total. The van der Waals surface area contributed by atoms with Crippen LogP contribution in [-0.2, 0) is 19.2 Å². The lowest BCUT2D eigenvalue weighted by Crippen LogP contribution is -2.47. The summed E-state index contributed by atoms with van der Waals surface area (Å²) in [6.45, 7) is 10.6. The molecule has 0 aromatic heterocycles. The quantitative estimate of drug-likeness (QED) is 0.337. The molecule has 6 N–H and O–H groups in total. The number of nitrogens with two attached hydrogens (primary N) is 1. The molecule has 0 aromatic carbocycles. The van der Waals surface area contributed by atoms with Crippen LogP contribution in [0, 0.1) is 5.41 Å². The summed E-state index contributed by atoms with van der Waals surface area (Å²) in [5.41, 5.74) is 5.33. The highest BCUT2D eigenvalue weighted by Crippen LogP contribution is 2.21. The zero-order valence-corrected chi connectivity index (χ0v) is 18.4. The number of primary amides is 1. The van der Waals surface area contributed by atoms with Crippen molar-refractivity contribution < 1.29 is 24.3 Å². The minimum absolute atomic E-state index is 0.142. The van der Waals surface area contributed by atoms with Gasteiger partial charge in [0.05, 0.1) is 6.54 Å². The first-order chi connectivity index (χ1) is 13.5. The lowest BCUT2D eigenvalue weighted by atomic mass is 9.90. The summed E-state index contributed by atoms with van der Waals surface area (Å²) in [6.07, 6.45) is 6.52. The smallest absolute Gasteiger partial charge is 0.303 e. The lowest BCUT2D eigenvalue weighted by Gasteiger charge is -2.16. The molecule has 1 aliphatic rings. The van der Waals surface area contributed by atoms with Crippen molar-refractivity contribution in [3.8, 4) is 0 Å². The molecule has 29 heavy (non-hydrogen) atoms. The predicted molar refractivity (Wildman–Crippen MR) is 113 cm³/mol. The van der Waals surface area contributed by atoms with E-state index < -0.39 is 23.8 Å². The van der Waals surface area contributed by atoms with Gasteiger partial charge in [-0.1, -0.05) is 34.1 Å². The fraction of sp³-hybridized carbons (Fsp3) is 0.800. The molecular weight excluding hydrogens is 376 g/mol. The van der Waals surface area contributed by atoms with Gasteiger partial charge in [-0.25, -0.2) is 0 Å². The maximum absolute atomic E-state index is 11.1. The van der Waals surface area contributed by atoms with Crippen LogP contribution in [0.2, 0.25) is 0 Å². The van der Waals surface area contributed by atoms with E-state index in [4.69, 9.17) is 10.8 Å². The molecule has 1 unspecified atom stereocenters. The number of rotatable bonds is 10. The molecule has 9 heteroatoms. The standard InChI is InChI=1S/C8H15N3O3.C8H16O2.C4H9N/c1-2-3-6(8(9)14)11-7(13)4-10-5-12;1-8(2,3)6-4-5-7(9)10;1-2-4-5-3-1/h5-6H,2-4H2,1H3,(H2,9,14)(H,10,12)(H,11,13);4-6H2,1-3H3,(H,9,10);5H,1-4H2. The number of nitrogens with one attached hydrogen (secondary N) is 3. The Morgan fingerprint density at radius 3 is 2.14 bits per heavy atom. The van der Waals surface area contributed by atoms with Gasteiger partial charge in [-0.2, -0.15) is 0 Å². The Hall–Kier alpha value is -2.16. The van der Waals surface area contributed by atoms with Crippen molar-refractivity contribution in [3.63, 3.8) is 0 Å². The van der Waals surface area contributed by atoms with Gasteiger partial charge < -0.3 is 26.8 Å². The molecule has 1 atom stereocenters. The van der Waals surface area contributed by atoms with Crippen LogP contribution in [-0.4, -0.2) is 55.0 Å². The number of carbonyl (C=O) groups is 4. The number of carboxylic acids is 1. The summed E-state index contributed by atoms with van der Waals surface area (Å²) in [5, 5.41) is 16.1. The minimum atomic E-state index is -0.691. The molecule has 1 saturated heterocycles. The van der Waals surface area contributed by atoms with Crippen LogP contribution in [0.3, 0.4) is 0 Å². The fourth-order valence-corrected chi connectivity index (χ4v) is 2.35. The van der Waals surface area contributed by atoms with Crippen LogP contribution < -0.4 is 21.7 Å². The van der Waals surface area contributed by atoms with Crippen LogP contribution in [0.15, 0.2) is 0 Å². The second-order valence-electron chi connectivity index (χ2n) is 8.07. The number of amides is 3. The zero-order chi connectivity index (χ0) is 22.7. The Morgan fingerprint density at radius 1 is 1.21 bits per heavy atom. The summed E-state index contributed by atoms with van der Waals surface area (Å²) < 4.78 is 0. The van der Waals surface area contributed by atoms with Crippen molar-refractivity contribution >= 4 is 24.2 Å². The van der Waals surface area contributed by atoms with Gasteiger partial charge in [-0.15, -0.1) is 0 Å². The van der Waals surface area contributed by atoms with E-state index in [1.807, 2.05) is 6.92 Å². The van der Waals surface area contributed by atoms with Gasteiger partial charge in [0.1, 0.15) is 6.04 Å². The number of hydrogen-bond donors (Lipinski definition) is 5. The Kier molecular flexibility index (Phi) is 17.9. The van der Waals surface area contributed by atoms with Crippen LogP contribution in [0.1, 0.15) is 72.6 Å². The third-order valence-corrected chi connectivity index (χ3v) is 3.88. The minimum Gasteiger partial charge on any atom is -0.481 e. The van der Waals surface area contributed by atoms with Crippen molar-refractivity contribution in [1.29, 1.82) is 0 Å². The Morgan fingerprint density at radius 2 is 1.79 bits per heavy atom. The second kappa shape index (κ2) is 17.9. The average molecular weight is 417 g/mol. The highest BCUT2D eigenvalue weighted by Gasteiger charge is 2.16. The molecule has 0 radical (unpaired) electrons. The predicted octanol–water partition coefficient (Wildman–Crippen LogP) is 1.16. The van der Waals surface area contributed by atoms with Crippen LogP contribution in [0.5, 0.6) is 0 Å². The van der Waals surface area contributed by atoms with Gasteiger partial charge in [-0.05, 0) is 50.6 Å².